The van der Waals surface area contributed by atoms with Gasteiger partial charge in [-0.25, -0.2) is 4.68 Å². The Hall–Kier alpha value is -2.44. The van der Waals surface area contributed by atoms with Gasteiger partial charge in [0.05, 0.1) is 7.11 Å². The number of hydrogen-bond acceptors (Lipinski definition) is 5. The van der Waals surface area contributed by atoms with Crippen LogP contribution in [0.4, 0.5) is 0 Å². The van der Waals surface area contributed by atoms with Gasteiger partial charge in [-0.1, -0.05) is 25.1 Å². The van der Waals surface area contributed by atoms with Gasteiger partial charge in [0.15, 0.2) is 5.82 Å². The summed E-state index contributed by atoms with van der Waals surface area (Å²) in [6, 6.07) is 7.67. The highest BCUT2D eigenvalue weighted by molar-refractivity contribution is 5.66. The molecular formula is C14H18N4O3. The van der Waals surface area contributed by atoms with Crippen LogP contribution in [0, 0.1) is 5.92 Å². The molecule has 0 radical (unpaired) electrons. The van der Waals surface area contributed by atoms with Gasteiger partial charge in [0.2, 0.25) is 0 Å². The largest absolute Gasteiger partial charge is 0.496 e. The molecule has 7 nitrogen and oxygen atoms in total. The van der Waals surface area contributed by atoms with Gasteiger partial charge in [-0.2, -0.15) is 0 Å². The Kier molecular flexibility index (Phi) is 4.86. The van der Waals surface area contributed by atoms with E-state index >= 15 is 0 Å². The summed E-state index contributed by atoms with van der Waals surface area (Å²) in [5.41, 5.74) is 0.988. The first-order chi connectivity index (χ1) is 10.1. The third-order valence-corrected chi connectivity index (χ3v) is 3.15. The Morgan fingerprint density at radius 2 is 2.19 bits per heavy atom. The van der Waals surface area contributed by atoms with E-state index in [1.807, 2.05) is 31.2 Å². The molecule has 0 amide bonds. The fourth-order valence-electron chi connectivity index (χ4n) is 2.17. The number of tetrazole rings is 1. The zero-order valence-electron chi connectivity index (χ0n) is 12.1. The Labute approximate surface area is 122 Å². The van der Waals surface area contributed by atoms with E-state index in [2.05, 4.69) is 15.5 Å². The lowest BCUT2D eigenvalue weighted by Crippen LogP contribution is -2.15. The lowest BCUT2D eigenvalue weighted by atomic mass is 10.1. The number of aromatic nitrogens is 4. The minimum atomic E-state index is -0.818. The van der Waals surface area contributed by atoms with E-state index in [1.54, 1.807) is 11.8 Å². The van der Waals surface area contributed by atoms with Crippen molar-refractivity contribution in [3.8, 4) is 5.75 Å². The molecule has 112 valence electrons. The van der Waals surface area contributed by atoms with Crippen molar-refractivity contribution in [1.29, 1.82) is 0 Å². The van der Waals surface area contributed by atoms with E-state index in [9.17, 15) is 4.79 Å². The summed E-state index contributed by atoms with van der Waals surface area (Å²) in [4.78, 5) is 10.7. The van der Waals surface area contributed by atoms with Crippen LogP contribution in [0.2, 0.25) is 0 Å². The van der Waals surface area contributed by atoms with Crippen LogP contribution in [0.15, 0.2) is 24.3 Å². The third-order valence-electron chi connectivity index (χ3n) is 3.15. The summed E-state index contributed by atoms with van der Waals surface area (Å²) in [7, 11) is 1.62. The average molecular weight is 290 g/mol. The zero-order valence-corrected chi connectivity index (χ0v) is 12.1. The highest BCUT2D eigenvalue weighted by Crippen LogP contribution is 2.20. The van der Waals surface area contributed by atoms with Crippen LogP contribution in [-0.4, -0.2) is 38.4 Å². The van der Waals surface area contributed by atoms with Gasteiger partial charge < -0.3 is 9.84 Å². The number of aliphatic carboxylic acids is 1. The fraction of sp³-hybridized carbons (Fsp3) is 0.429. The molecule has 1 aromatic carbocycles. The zero-order chi connectivity index (χ0) is 15.2. The highest BCUT2D eigenvalue weighted by Gasteiger charge is 2.14. The second-order valence-corrected chi connectivity index (χ2v) is 4.97. The predicted octanol–water partition coefficient (Wildman–Crippen LogP) is 1.38. The van der Waals surface area contributed by atoms with E-state index in [0.717, 1.165) is 11.3 Å². The van der Waals surface area contributed by atoms with Gasteiger partial charge in [0.1, 0.15) is 5.75 Å². The average Bonchev–Trinajstić information content (AvgIpc) is 2.85. The first kappa shape index (κ1) is 15.0. The molecule has 1 N–H and O–H groups in total. The molecule has 2 aromatic rings. The van der Waals surface area contributed by atoms with Gasteiger partial charge in [-0.15, -0.1) is 5.10 Å². The molecule has 0 saturated heterocycles. The second-order valence-electron chi connectivity index (χ2n) is 4.97. The van der Waals surface area contributed by atoms with Crippen molar-refractivity contribution in [3.63, 3.8) is 0 Å². The van der Waals surface area contributed by atoms with Crippen molar-refractivity contribution in [2.45, 2.75) is 26.3 Å². The molecule has 2 rings (SSSR count). The quantitative estimate of drug-likeness (QED) is 0.828. The van der Waals surface area contributed by atoms with E-state index in [1.165, 1.54) is 0 Å². The van der Waals surface area contributed by atoms with E-state index < -0.39 is 5.97 Å². The summed E-state index contributed by atoms with van der Waals surface area (Å²) in [5, 5.41) is 20.4. The van der Waals surface area contributed by atoms with Crippen LogP contribution in [-0.2, 0) is 17.8 Å². The Morgan fingerprint density at radius 1 is 1.43 bits per heavy atom. The smallest absolute Gasteiger partial charge is 0.303 e. The second kappa shape index (κ2) is 6.83. The number of benzene rings is 1. The number of carboxylic acids is 1. The van der Waals surface area contributed by atoms with Crippen LogP contribution >= 0.6 is 0 Å². The topological polar surface area (TPSA) is 90.1 Å². The van der Waals surface area contributed by atoms with Crippen molar-refractivity contribution in [1.82, 2.24) is 20.2 Å². The Bertz CT molecular complexity index is 612. The van der Waals surface area contributed by atoms with E-state index in [4.69, 9.17) is 9.84 Å². The lowest BCUT2D eigenvalue weighted by molar-refractivity contribution is -0.138. The summed E-state index contributed by atoms with van der Waals surface area (Å²) >= 11 is 0. The number of carbonyl (C=O) groups is 1. The van der Waals surface area contributed by atoms with Crippen LogP contribution in [0.3, 0.4) is 0 Å². The van der Waals surface area contributed by atoms with Crippen LogP contribution < -0.4 is 4.74 Å². The monoisotopic (exact) mass is 290 g/mol. The Morgan fingerprint density at radius 3 is 2.90 bits per heavy atom. The first-order valence-electron chi connectivity index (χ1n) is 6.69. The number of ether oxygens (including phenoxy) is 1. The molecular weight excluding hydrogens is 272 g/mol. The summed E-state index contributed by atoms with van der Waals surface area (Å²) in [6.07, 6.45) is 0.630. The van der Waals surface area contributed by atoms with Gasteiger partial charge in [0.25, 0.3) is 0 Å². The standard InChI is InChI=1S/C14H18N4O3/c1-10(7-14(19)20)9-18-13(15-16-17-18)8-11-5-3-4-6-12(11)21-2/h3-6,10H,7-9H2,1-2H3,(H,19,20). The van der Waals surface area contributed by atoms with E-state index in [0.29, 0.717) is 18.8 Å². The maximum absolute atomic E-state index is 10.7. The Balaban J connectivity index is 2.11. The fourth-order valence-corrected chi connectivity index (χ4v) is 2.17. The third kappa shape index (κ3) is 4.01. The summed E-state index contributed by atoms with van der Waals surface area (Å²) < 4.78 is 6.96. The predicted molar refractivity (Wildman–Crippen MR) is 75.0 cm³/mol. The molecule has 21 heavy (non-hydrogen) atoms. The maximum Gasteiger partial charge on any atom is 0.303 e. The van der Waals surface area contributed by atoms with Crippen molar-refractivity contribution in [2.24, 2.45) is 5.92 Å². The van der Waals surface area contributed by atoms with Crippen molar-refractivity contribution in [3.05, 3.63) is 35.7 Å². The van der Waals surface area contributed by atoms with E-state index in [-0.39, 0.29) is 12.3 Å². The minimum Gasteiger partial charge on any atom is -0.496 e. The van der Waals surface area contributed by atoms with Gasteiger partial charge in [-0.05, 0) is 22.4 Å². The molecule has 1 heterocycles. The van der Waals surface area contributed by atoms with Crippen LogP contribution in [0.5, 0.6) is 5.75 Å². The minimum absolute atomic E-state index is 0.0394. The molecule has 0 aliphatic heterocycles. The molecule has 1 aromatic heterocycles. The summed E-state index contributed by atoms with van der Waals surface area (Å²) in [5.74, 6) is 0.617. The van der Waals surface area contributed by atoms with Crippen molar-refractivity contribution < 1.29 is 14.6 Å². The molecule has 0 aliphatic rings. The van der Waals surface area contributed by atoms with Gasteiger partial charge in [0, 0.05) is 24.9 Å². The molecule has 1 unspecified atom stereocenters. The number of nitrogens with zero attached hydrogens (tertiary/aromatic N) is 4. The maximum atomic E-state index is 10.7. The molecule has 1 atom stereocenters. The highest BCUT2D eigenvalue weighted by atomic mass is 16.5. The molecule has 0 spiro atoms. The SMILES string of the molecule is COc1ccccc1Cc1nnnn1CC(C)CC(=O)O. The normalized spacial score (nSPS) is 12.1. The summed E-state index contributed by atoms with van der Waals surface area (Å²) in [6.45, 7) is 2.34. The first-order valence-corrected chi connectivity index (χ1v) is 6.69. The van der Waals surface area contributed by atoms with Crippen molar-refractivity contribution in [2.75, 3.05) is 7.11 Å². The van der Waals surface area contributed by atoms with Gasteiger partial charge >= 0.3 is 5.97 Å². The number of carboxylic acid groups (broad SMARTS) is 1. The molecule has 0 saturated carbocycles. The van der Waals surface area contributed by atoms with Crippen LogP contribution in [0.25, 0.3) is 0 Å². The lowest BCUT2D eigenvalue weighted by Gasteiger charge is -2.11. The number of rotatable bonds is 7. The van der Waals surface area contributed by atoms with Gasteiger partial charge in [-0.3, -0.25) is 4.79 Å². The van der Waals surface area contributed by atoms with Crippen LogP contribution in [0.1, 0.15) is 24.7 Å². The molecule has 7 heteroatoms. The van der Waals surface area contributed by atoms with Crippen molar-refractivity contribution >= 4 is 5.97 Å². The number of methoxy groups -OCH3 is 1. The molecule has 0 fully saturated rings. The molecule has 0 aliphatic carbocycles. The number of hydrogen-bond donors (Lipinski definition) is 1. The number of para-hydroxylation sites is 1. The molecule has 0 bridgehead atoms.